The first-order valence-corrected chi connectivity index (χ1v) is 5.99. The molecule has 18 heavy (non-hydrogen) atoms. The fourth-order valence-corrected chi connectivity index (χ4v) is 2.30. The van der Waals surface area contributed by atoms with E-state index in [9.17, 15) is 14.3 Å². The van der Waals surface area contributed by atoms with Crippen LogP contribution < -0.4 is 5.32 Å². The van der Waals surface area contributed by atoms with Crippen LogP contribution in [0.2, 0.25) is 5.02 Å². The van der Waals surface area contributed by atoms with Crippen LogP contribution in [0.15, 0.2) is 18.2 Å². The van der Waals surface area contributed by atoms with Crippen LogP contribution in [-0.2, 0) is 0 Å². The first kappa shape index (κ1) is 13.3. The number of aliphatic hydroxyl groups excluding tert-OH is 1. The molecule has 0 saturated carbocycles. The molecule has 1 fully saturated rings. The van der Waals surface area contributed by atoms with Gasteiger partial charge in [-0.15, -0.1) is 0 Å². The smallest absolute Gasteiger partial charge is 0.255 e. The largest absolute Gasteiger partial charge is 0.390 e. The third kappa shape index (κ3) is 2.48. The lowest BCUT2D eigenvalue weighted by Crippen LogP contribution is -2.44. The van der Waals surface area contributed by atoms with Gasteiger partial charge in [-0.05, 0) is 18.2 Å². The number of carbonyl (C=O) groups excluding carboxylic acids is 1. The Morgan fingerprint density at radius 2 is 2.28 bits per heavy atom. The zero-order chi connectivity index (χ0) is 13.3. The molecule has 1 heterocycles. The summed E-state index contributed by atoms with van der Waals surface area (Å²) in [6, 6.07) is 3.35. The summed E-state index contributed by atoms with van der Waals surface area (Å²) in [5, 5.41) is 12.8. The van der Waals surface area contributed by atoms with Crippen molar-refractivity contribution in [2.75, 3.05) is 20.1 Å². The van der Waals surface area contributed by atoms with E-state index in [1.165, 1.54) is 17.0 Å². The van der Waals surface area contributed by atoms with Crippen molar-refractivity contribution in [1.82, 2.24) is 10.2 Å². The van der Waals surface area contributed by atoms with E-state index in [-0.39, 0.29) is 22.5 Å². The summed E-state index contributed by atoms with van der Waals surface area (Å²) in [6.45, 7) is 0.988. The van der Waals surface area contributed by atoms with Gasteiger partial charge in [-0.25, -0.2) is 4.39 Å². The molecule has 2 N–H and O–H groups in total. The van der Waals surface area contributed by atoms with E-state index in [0.29, 0.717) is 13.1 Å². The predicted molar refractivity (Wildman–Crippen MR) is 66.2 cm³/mol. The molecular formula is C12H14ClFN2O2. The Labute approximate surface area is 109 Å². The molecule has 0 radical (unpaired) electrons. The molecule has 1 aliphatic heterocycles. The lowest BCUT2D eigenvalue weighted by molar-refractivity contribution is 0.0581. The number of β-amino-alcohol motifs (C(OH)–C–C–N with tert-alkyl or cyclic N) is 1. The minimum Gasteiger partial charge on any atom is -0.390 e. The van der Waals surface area contributed by atoms with Crippen molar-refractivity contribution < 1.29 is 14.3 Å². The van der Waals surface area contributed by atoms with Crippen molar-refractivity contribution in [2.45, 2.75) is 12.1 Å². The third-order valence-electron chi connectivity index (χ3n) is 3.13. The number of halogens is 2. The van der Waals surface area contributed by atoms with Crippen molar-refractivity contribution in [1.29, 1.82) is 0 Å². The van der Waals surface area contributed by atoms with E-state index < -0.39 is 11.9 Å². The molecule has 1 amide bonds. The van der Waals surface area contributed by atoms with Gasteiger partial charge in [0, 0.05) is 20.1 Å². The molecule has 2 atom stereocenters. The SMILES string of the molecule is CN(C(=O)c1ccc(F)cc1Cl)[C@@H]1CNC[C@H]1O. The van der Waals surface area contributed by atoms with Crippen LogP contribution in [-0.4, -0.2) is 48.2 Å². The lowest BCUT2D eigenvalue weighted by atomic mass is 10.1. The standard InChI is InChI=1S/C12H14ClFN2O2/c1-16(10-5-15-6-11(10)17)12(18)8-3-2-7(14)4-9(8)13/h2-4,10-11,15,17H,5-6H2,1H3/t10-,11-/m1/s1. The summed E-state index contributed by atoms with van der Waals surface area (Å²) < 4.78 is 12.9. The first-order chi connectivity index (χ1) is 8.50. The second-order valence-electron chi connectivity index (χ2n) is 4.33. The number of hydrogen-bond acceptors (Lipinski definition) is 3. The van der Waals surface area contributed by atoms with Crippen LogP contribution >= 0.6 is 11.6 Å². The van der Waals surface area contributed by atoms with Crippen LogP contribution in [0.1, 0.15) is 10.4 Å². The molecule has 4 nitrogen and oxygen atoms in total. The summed E-state index contributed by atoms with van der Waals surface area (Å²) in [5.74, 6) is -0.811. The summed E-state index contributed by atoms with van der Waals surface area (Å²) in [6.07, 6.45) is -0.599. The molecule has 1 aromatic rings. The zero-order valence-corrected chi connectivity index (χ0v) is 10.6. The number of hydrogen-bond donors (Lipinski definition) is 2. The Bertz CT molecular complexity index is 469. The fourth-order valence-electron chi connectivity index (χ4n) is 2.05. The van der Waals surface area contributed by atoms with Gasteiger partial charge in [0.2, 0.25) is 0 Å². The number of nitrogens with one attached hydrogen (secondary N) is 1. The minimum absolute atomic E-state index is 0.0762. The predicted octanol–water partition coefficient (Wildman–Crippen LogP) is 0.884. The van der Waals surface area contributed by atoms with E-state index in [1.54, 1.807) is 7.05 Å². The highest BCUT2D eigenvalue weighted by atomic mass is 35.5. The summed E-state index contributed by atoms with van der Waals surface area (Å²) in [7, 11) is 1.60. The average molecular weight is 273 g/mol. The van der Waals surface area contributed by atoms with Crippen molar-refractivity contribution in [3.8, 4) is 0 Å². The molecule has 0 bridgehead atoms. The monoisotopic (exact) mass is 272 g/mol. The molecule has 0 unspecified atom stereocenters. The molecular weight excluding hydrogens is 259 g/mol. The highest BCUT2D eigenvalue weighted by molar-refractivity contribution is 6.33. The Balaban J connectivity index is 2.20. The third-order valence-corrected chi connectivity index (χ3v) is 3.44. The summed E-state index contributed by atoms with van der Waals surface area (Å²) >= 11 is 5.85. The normalized spacial score (nSPS) is 23.1. The Kier molecular flexibility index (Phi) is 3.85. The van der Waals surface area contributed by atoms with Gasteiger partial charge in [-0.2, -0.15) is 0 Å². The molecule has 1 aliphatic rings. The highest BCUT2D eigenvalue weighted by Crippen LogP contribution is 2.20. The molecule has 6 heteroatoms. The molecule has 0 aromatic heterocycles. The molecule has 0 aliphatic carbocycles. The zero-order valence-electron chi connectivity index (χ0n) is 9.86. The number of aliphatic hydroxyl groups is 1. The number of nitrogens with zero attached hydrogens (tertiary/aromatic N) is 1. The molecule has 2 rings (SSSR count). The van der Waals surface area contributed by atoms with Crippen LogP contribution in [0.25, 0.3) is 0 Å². The van der Waals surface area contributed by atoms with Crippen LogP contribution in [0, 0.1) is 5.82 Å². The minimum atomic E-state index is -0.599. The van der Waals surface area contributed by atoms with E-state index in [1.807, 2.05) is 0 Å². The first-order valence-electron chi connectivity index (χ1n) is 5.61. The van der Waals surface area contributed by atoms with Gasteiger partial charge in [0.05, 0.1) is 22.7 Å². The van der Waals surface area contributed by atoms with Gasteiger partial charge >= 0.3 is 0 Å². The van der Waals surface area contributed by atoms with E-state index in [0.717, 1.165) is 6.07 Å². The molecule has 1 saturated heterocycles. The van der Waals surface area contributed by atoms with Gasteiger partial charge in [-0.1, -0.05) is 11.6 Å². The number of benzene rings is 1. The quantitative estimate of drug-likeness (QED) is 0.841. The Morgan fingerprint density at radius 3 is 2.83 bits per heavy atom. The van der Waals surface area contributed by atoms with Crippen LogP contribution in [0.4, 0.5) is 4.39 Å². The number of amides is 1. The second kappa shape index (κ2) is 5.22. The Hall–Kier alpha value is -1.17. The lowest BCUT2D eigenvalue weighted by Gasteiger charge is -2.26. The van der Waals surface area contributed by atoms with Crippen molar-refractivity contribution in [2.24, 2.45) is 0 Å². The molecule has 0 spiro atoms. The van der Waals surface area contributed by atoms with E-state index in [2.05, 4.69) is 5.32 Å². The fraction of sp³-hybridized carbons (Fsp3) is 0.417. The summed E-state index contributed by atoms with van der Waals surface area (Å²) in [5.41, 5.74) is 0.236. The number of carbonyl (C=O) groups is 1. The van der Waals surface area contributed by atoms with Crippen LogP contribution in [0.3, 0.4) is 0 Å². The molecule has 1 aromatic carbocycles. The topological polar surface area (TPSA) is 52.6 Å². The van der Waals surface area contributed by atoms with Crippen molar-refractivity contribution in [3.05, 3.63) is 34.6 Å². The van der Waals surface area contributed by atoms with Crippen molar-refractivity contribution in [3.63, 3.8) is 0 Å². The molecule has 98 valence electrons. The summed E-state index contributed by atoms with van der Waals surface area (Å²) in [4.78, 5) is 13.6. The number of likely N-dealkylation sites (N-methyl/N-ethyl adjacent to an activating group) is 1. The van der Waals surface area contributed by atoms with E-state index >= 15 is 0 Å². The maximum Gasteiger partial charge on any atom is 0.255 e. The van der Waals surface area contributed by atoms with Crippen LogP contribution in [0.5, 0.6) is 0 Å². The second-order valence-corrected chi connectivity index (χ2v) is 4.74. The number of rotatable bonds is 2. The maximum absolute atomic E-state index is 12.9. The van der Waals surface area contributed by atoms with Gasteiger partial charge < -0.3 is 15.3 Å². The average Bonchev–Trinajstić information content (AvgIpc) is 2.74. The van der Waals surface area contributed by atoms with Gasteiger partial charge in [-0.3, -0.25) is 4.79 Å². The van der Waals surface area contributed by atoms with Gasteiger partial charge in [0.25, 0.3) is 5.91 Å². The van der Waals surface area contributed by atoms with E-state index in [4.69, 9.17) is 11.6 Å². The van der Waals surface area contributed by atoms with Gasteiger partial charge in [0.15, 0.2) is 0 Å². The maximum atomic E-state index is 12.9. The highest BCUT2D eigenvalue weighted by Gasteiger charge is 2.32. The van der Waals surface area contributed by atoms with Gasteiger partial charge in [0.1, 0.15) is 5.82 Å². The van der Waals surface area contributed by atoms with Crippen molar-refractivity contribution >= 4 is 17.5 Å². The Morgan fingerprint density at radius 1 is 1.56 bits per heavy atom.